The molecule has 0 fully saturated rings. The van der Waals surface area contributed by atoms with Crippen LogP contribution in [0.2, 0.25) is 5.02 Å². The fourth-order valence-electron chi connectivity index (χ4n) is 3.21. The lowest BCUT2D eigenvalue weighted by Crippen LogP contribution is -3.12. The minimum atomic E-state index is -0.354. The second kappa shape index (κ2) is 7.98. The molecule has 0 saturated carbocycles. The highest BCUT2D eigenvalue weighted by Crippen LogP contribution is 2.29. The highest BCUT2D eigenvalue weighted by molar-refractivity contribution is 6.30. The van der Waals surface area contributed by atoms with Crippen molar-refractivity contribution < 1.29 is 19.2 Å². The van der Waals surface area contributed by atoms with Crippen molar-refractivity contribution >= 4 is 34.8 Å². The number of amides is 2. The number of methoxy groups -OCH3 is 1. The van der Waals surface area contributed by atoms with E-state index < -0.39 is 0 Å². The average Bonchev–Trinajstić information content (AvgIpc) is 2.66. The van der Waals surface area contributed by atoms with Crippen LogP contribution < -0.4 is 19.9 Å². The first kappa shape index (κ1) is 19.2. The second-order valence-electron chi connectivity index (χ2n) is 6.69. The first-order valence-corrected chi connectivity index (χ1v) is 9.13. The van der Waals surface area contributed by atoms with Crippen molar-refractivity contribution in [1.82, 2.24) is 0 Å². The van der Waals surface area contributed by atoms with Crippen LogP contribution in [0.1, 0.15) is 12.5 Å². The second-order valence-corrected chi connectivity index (χ2v) is 7.13. The number of hydrogen-bond acceptors (Lipinski definition) is 3. The number of rotatable bonds is 5. The van der Waals surface area contributed by atoms with Gasteiger partial charge in [-0.2, -0.15) is 0 Å². The number of nitrogens with zero attached hydrogens (tertiary/aromatic N) is 1. The summed E-state index contributed by atoms with van der Waals surface area (Å²) in [6, 6.07) is 12.4. The first-order chi connectivity index (χ1) is 12.9. The lowest BCUT2D eigenvalue weighted by atomic mass is 10.1. The number of quaternary nitrogens is 1. The predicted molar refractivity (Wildman–Crippen MR) is 105 cm³/mol. The monoisotopic (exact) mass is 388 g/mol. The van der Waals surface area contributed by atoms with Crippen LogP contribution in [0.3, 0.4) is 0 Å². The number of fused-ring (bicyclic) bond motifs is 1. The van der Waals surface area contributed by atoms with Gasteiger partial charge >= 0.3 is 0 Å². The normalized spacial score (nSPS) is 15.6. The van der Waals surface area contributed by atoms with Gasteiger partial charge in [-0.1, -0.05) is 23.7 Å². The van der Waals surface area contributed by atoms with Gasteiger partial charge in [-0.15, -0.1) is 0 Å². The fourth-order valence-corrected chi connectivity index (χ4v) is 3.41. The Morgan fingerprint density at radius 3 is 2.81 bits per heavy atom. The molecule has 1 aliphatic heterocycles. The Morgan fingerprint density at radius 1 is 1.33 bits per heavy atom. The van der Waals surface area contributed by atoms with Gasteiger partial charge in [0, 0.05) is 10.6 Å². The molecule has 3 rings (SSSR count). The quantitative estimate of drug-likeness (QED) is 0.820. The molecule has 2 aromatic rings. The topological polar surface area (TPSA) is 63.1 Å². The Kier molecular flexibility index (Phi) is 5.68. The summed E-state index contributed by atoms with van der Waals surface area (Å²) in [5.41, 5.74) is 2.31. The van der Waals surface area contributed by atoms with E-state index in [0.717, 1.165) is 21.9 Å². The van der Waals surface area contributed by atoms with Gasteiger partial charge in [0.2, 0.25) is 5.91 Å². The number of anilines is 2. The molecule has 7 heteroatoms. The Labute approximate surface area is 163 Å². The smallest absolute Gasteiger partial charge is 0.285 e. The van der Waals surface area contributed by atoms with Crippen molar-refractivity contribution in [3.05, 3.63) is 53.1 Å². The summed E-state index contributed by atoms with van der Waals surface area (Å²) in [6.07, 6.45) is 0. The minimum Gasteiger partial charge on any atom is -0.496 e. The number of hydrogen-bond donors (Lipinski definition) is 2. The third kappa shape index (κ3) is 4.07. The summed E-state index contributed by atoms with van der Waals surface area (Å²) in [5, 5.41) is 3.43. The van der Waals surface area contributed by atoms with Gasteiger partial charge in [-0.05, 0) is 37.3 Å². The molecule has 2 N–H and O–H groups in total. The van der Waals surface area contributed by atoms with E-state index in [1.165, 1.54) is 0 Å². The fraction of sp³-hybridized carbons (Fsp3) is 0.300. The van der Waals surface area contributed by atoms with E-state index in [0.29, 0.717) is 17.3 Å². The lowest BCUT2D eigenvalue weighted by Gasteiger charge is -2.32. The largest absolute Gasteiger partial charge is 0.496 e. The molecule has 2 aromatic carbocycles. The lowest BCUT2D eigenvalue weighted by molar-refractivity contribution is -0.908. The summed E-state index contributed by atoms with van der Waals surface area (Å²) in [7, 11) is 3.55. The van der Waals surface area contributed by atoms with E-state index in [-0.39, 0.29) is 24.4 Å². The van der Waals surface area contributed by atoms with Crippen LogP contribution in [0.25, 0.3) is 0 Å². The summed E-state index contributed by atoms with van der Waals surface area (Å²) in [6.45, 7) is 2.45. The molecule has 1 aliphatic rings. The molecule has 0 aliphatic carbocycles. The summed E-state index contributed by atoms with van der Waals surface area (Å²) in [5.74, 6) is 0.445. The number of likely N-dealkylation sites (N-methyl/N-ethyl adjacent to an activating group) is 1. The highest BCUT2D eigenvalue weighted by atomic mass is 35.5. The first-order valence-electron chi connectivity index (χ1n) is 8.75. The number of para-hydroxylation sites is 2. The number of carbonyl (C=O) groups excluding carboxylic acids is 2. The van der Waals surface area contributed by atoms with Crippen LogP contribution in [0, 0.1) is 0 Å². The molecule has 0 spiro atoms. The van der Waals surface area contributed by atoms with Crippen LogP contribution in [-0.2, 0) is 16.1 Å². The van der Waals surface area contributed by atoms with Crippen LogP contribution in [0.4, 0.5) is 11.4 Å². The Morgan fingerprint density at radius 2 is 2.07 bits per heavy atom. The summed E-state index contributed by atoms with van der Waals surface area (Å²) < 4.78 is 5.40. The number of nitrogens with one attached hydrogen (secondary N) is 2. The molecule has 1 unspecified atom stereocenters. The SMILES string of the molecule is COc1ccc(Cl)cc1C[NH+](C)[C@@H](C)C(=O)N1CC(=O)Nc2ccccc21. The van der Waals surface area contributed by atoms with Crippen molar-refractivity contribution in [2.45, 2.75) is 19.5 Å². The van der Waals surface area contributed by atoms with E-state index in [2.05, 4.69) is 5.32 Å². The highest BCUT2D eigenvalue weighted by Gasteiger charge is 2.33. The molecule has 27 heavy (non-hydrogen) atoms. The van der Waals surface area contributed by atoms with Gasteiger partial charge in [0.1, 0.15) is 18.8 Å². The molecule has 2 atom stereocenters. The van der Waals surface area contributed by atoms with Gasteiger partial charge < -0.3 is 15.0 Å². The van der Waals surface area contributed by atoms with Gasteiger partial charge in [-0.3, -0.25) is 14.5 Å². The molecule has 2 amide bonds. The van der Waals surface area contributed by atoms with Crippen molar-refractivity contribution in [3.63, 3.8) is 0 Å². The predicted octanol–water partition coefficient (Wildman–Crippen LogP) is 1.74. The molecule has 142 valence electrons. The van der Waals surface area contributed by atoms with Crippen LogP contribution >= 0.6 is 11.6 Å². The zero-order chi connectivity index (χ0) is 19.6. The summed E-state index contributed by atoms with van der Waals surface area (Å²) in [4.78, 5) is 27.7. The Bertz CT molecular complexity index is 871. The molecule has 6 nitrogen and oxygen atoms in total. The Balaban J connectivity index is 1.79. The summed E-state index contributed by atoms with van der Waals surface area (Å²) >= 11 is 6.11. The van der Waals surface area contributed by atoms with Crippen molar-refractivity contribution in [1.29, 1.82) is 0 Å². The maximum atomic E-state index is 13.1. The van der Waals surface area contributed by atoms with Gasteiger partial charge in [-0.25, -0.2) is 0 Å². The van der Waals surface area contributed by atoms with E-state index in [1.807, 2.05) is 44.3 Å². The maximum absolute atomic E-state index is 13.1. The number of halogens is 1. The van der Waals surface area contributed by atoms with E-state index >= 15 is 0 Å². The van der Waals surface area contributed by atoms with Crippen molar-refractivity contribution in [2.24, 2.45) is 0 Å². The third-order valence-corrected chi connectivity index (χ3v) is 5.09. The van der Waals surface area contributed by atoms with Crippen LogP contribution in [0.15, 0.2) is 42.5 Å². The van der Waals surface area contributed by atoms with E-state index in [9.17, 15) is 9.59 Å². The standard InChI is InChI=1S/C20H22ClN3O3/c1-13(23(2)11-14-10-15(21)8-9-18(14)27-3)20(26)24-12-19(25)22-16-6-4-5-7-17(16)24/h4-10,13H,11-12H2,1-3H3,(H,22,25)/p+1/t13-/m0/s1. The van der Waals surface area contributed by atoms with Gasteiger partial charge in [0.05, 0.1) is 25.5 Å². The average molecular weight is 389 g/mol. The molecule has 1 heterocycles. The van der Waals surface area contributed by atoms with E-state index in [1.54, 1.807) is 24.1 Å². The Hall–Kier alpha value is -2.57. The number of carbonyl (C=O) groups is 2. The molecule has 0 radical (unpaired) electrons. The number of benzene rings is 2. The third-order valence-electron chi connectivity index (χ3n) is 4.86. The molecular weight excluding hydrogens is 366 g/mol. The number of ether oxygens (including phenoxy) is 1. The molecular formula is C20H23ClN3O3+. The van der Waals surface area contributed by atoms with E-state index in [4.69, 9.17) is 16.3 Å². The zero-order valence-electron chi connectivity index (χ0n) is 15.6. The van der Waals surface area contributed by atoms with Crippen molar-refractivity contribution in [3.8, 4) is 5.75 Å². The van der Waals surface area contributed by atoms with Gasteiger partial charge in [0.25, 0.3) is 5.91 Å². The minimum absolute atomic E-state index is 0.0218. The van der Waals surface area contributed by atoms with Crippen molar-refractivity contribution in [2.75, 3.05) is 30.9 Å². The van der Waals surface area contributed by atoms with Crippen LogP contribution in [-0.4, -0.2) is 38.6 Å². The molecule has 0 bridgehead atoms. The molecule has 0 aromatic heterocycles. The van der Waals surface area contributed by atoms with Crippen LogP contribution in [0.5, 0.6) is 5.75 Å². The van der Waals surface area contributed by atoms with Gasteiger partial charge in [0.15, 0.2) is 6.04 Å². The maximum Gasteiger partial charge on any atom is 0.285 e. The molecule has 0 saturated heterocycles. The zero-order valence-corrected chi connectivity index (χ0v) is 16.3.